The number of methoxy groups -OCH3 is 3. The molecule has 1 aliphatic rings. The number of ether oxygens (including phenoxy) is 3. The van der Waals surface area contributed by atoms with E-state index < -0.39 is 0 Å². The average molecular weight is 414 g/mol. The Morgan fingerprint density at radius 2 is 1.63 bits per heavy atom. The average Bonchev–Trinajstić information content (AvgIpc) is 2.79. The number of benzene rings is 2. The summed E-state index contributed by atoms with van der Waals surface area (Å²) in [5, 5.41) is 6.12. The molecule has 7 heteroatoms. The number of anilines is 1. The summed E-state index contributed by atoms with van der Waals surface area (Å²) in [6.45, 7) is 3.76. The van der Waals surface area contributed by atoms with Gasteiger partial charge in [0.25, 0.3) is 0 Å². The summed E-state index contributed by atoms with van der Waals surface area (Å²) < 4.78 is 15.8. The number of hydrogen-bond acceptors (Lipinski definition) is 5. The van der Waals surface area contributed by atoms with E-state index in [1.807, 2.05) is 37.3 Å². The van der Waals surface area contributed by atoms with E-state index in [1.54, 1.807) is 21.3 Å². The number of nitrogens with one attached hydrogen (secondary N) is 2. The van der Waals surface area contributed by atoms with E-state index in [0.717, 1.165) is 37.2 Å². The first-order valence-corrected chi connectivity index (χ1v) is 10.2. The quantitative estimate of drug-likeness (QED) is 0.724. The third-order valence-corrected chi connectivity index (χ3v) is 5.52. The van der Waals surface area contributed by atoms with Crippen molar-refractivity contribution < 1.29 is 19.0 Å². The molecule has 1 saturated heterocycles. The number of carbonyl (C=O) groups excluding carboxylic acids is 1. The zero-order valence-electron chi connectivity index (χ0n) is 18.1. The summed E-state index contributed by atoms with van der Waals surface area (Å²) in [5.74, 6) is 2.17. The first-order chi connectivity index (χ1) is 14.5. The minimum absolute atomic E-state index is 0.149. The van der Waals surface area contributed by atoms with Crippen LogP contribution in [-0.2, 0) is 0 Å². The van der Waals surface area contributed by atoms with Crippen LogP contribution in [0.1, 0.15) is 31.4 Å². The van der Waals surface area contributed by atoms with Crippen LogP contribution in [0, 0.1) is 0 Å². The van der Waals surface area contributed by atoms with Crippen LogP contribution in [0.15, 0.2) is 42.5 Å². The number of piperidine rings is 1. The van der Waals surface area contributed by atoms with Gasteiger partial charge in [0, 0.05) is 24.8 Å². The van der Waals surface area contributed by atoms with Crippen molar-refractivity contribution in [3.63, 3.8) is 0 Å². The van der Waals surface area contributed by atoms with Gasteiger partial charge in [-0.15, -0.1) is 0 Å². The molecule has 1 fully saturated rings. The monoisotopic (exact) mass is 413 g/mol. The van der Waals surface area contributed by atoms with Crippen LogP contribution in [0.25, 0.3) is 0 Å². The molecule has 162 valence electrons. The lowest BCUT2D eigenvalue weighted by molar-refractivity contribution is 0.231. The molecule has 2 aromatic carbocycles. The molecule has 0 bridgehead atoms. The molecule has 2 amide bonds. The second kappa shape index (κ2) is 10.1. The van der Waals surface area contributed by atoms with Gasteiger partial charge in [-0.1, -0.05) is 6.07 Å². The maximum absolute atomic E-state index is 12.5. The van der Waals surface area contributed by atoms with Gasteiger partial charge in [0.2, 0.25) is 0 Å². The van der Waals surface area contributed by atoms with Crippen LogP contribution in [-0.4, -0.2) is 46.5 Å². The van der Waals surface area contributed by atoms with Crippen molar-refractivity contribution in [2.45, 2.75) is 31.8 Å². The summed E-state index contributed by atoms with van der Waals surface area (Å²) in [6, 6.07) is 13.6. The second-order valence-corrected chi connectivity index (χ2v) is 7.41. The predicted octanol–water partition coefficient (Wildman–Crippen LogP) is 3.74. The Morgan fingerprint density at radius 1 is 0.967 bits per heavy atom. The first-order valence-electron chi connectivity index (χ1n) is 10.2. The Bertz CT molecular complexity index is 833. The summed E-state index contributed by atoms with van der Waals surface area (Å²) in [6.07, 6.45) is 1.81. The van der Waals surface area contributed by atoms with Crippen molar-refractivity contribution in [1.82, 2.24) is 10.6 Å². The fraction of sp³-hybridized carbons (Fsp3) is 0.435. The molecule has 1 aliphatic heterocycles. The molecule has 3 rings (SSSR count). The van der Waals surface area contributed by atoms with Crippen molar-refractivity contribution in [1.29, 1.82) is 0 Å². The van der Waals surface area contributed by atoms with Gasteiger partial charge in [0.05, 0.1) is 27.4 Å². The smallest absolute Gasteiger partial charge is 0.315 e. The van der Waals surface area contributed by atoms with Crippen LogP contribution < -0.4 is 29.7 Å². The van der Waals surface area contributed by atoms with Crippen molar-refractivity contribution >= 4 is 11.7 Å². The highest BCUT2D eigenvalue weighted by Crippen LogP contribution is 2.30. The third-order valence-electron chi connectivity index (χ3n) is 5.52. The maximum atomic E-state index is 12.5. The molecule has 7 nitrogen and oxygen atoms in total. The van der Waals surface area contributed by atoms with Crippen molar-refractivity contribution in [3.8, 4) is 17.2 Å². The molecule has 0 aliphatic carbocycles. The van der Waals surface area contributed by atoms with E-state index in [1.165, 1.54) is 5.69 Å². The molecule has 1 atom stereocenters. The molecule has 2 N–H and O–H groups in total. The van der Waals surface area contributed by atoms with Crippen LogP contribution in [0.5, 0.6) is 17.2 Å². The highest BCUT2D eigenvalue weighted by atomic mass is 16.5. The van der Waals surface area contributed by atoms with Gasteiger partial charge >= 0.3 is 6.03 Å². The summed E-state index contributed by atoms with van der Waals surface area (Å²) in [4.78, 5) is 14.8. The van der Waals surface area contributed by atoms with Crippen molar-refractivity contribution in [3.05, 3.63) is 48.0 Å². The first kappa shape index (κ1) is 21.6. The van der Waals surface area contributed by atoms with Gasteiger partial charge in [-0.2, -0.15) is 0 Å². The number of carbonyl (C=O) groups is 1. The molecule has 0 saturated carbocycles. The second-order valence-electron chi connectivity index (χ2n) is 7.41. The Hall–Kier alpha value is -3.09. The topological polar surface area (TPSA) is 72.1 Å². The Morgan fingerprint density at radius 3 is 2.23 bits per heavy atom. The molecular weight excluding hydrogens is 382 g/mol. The highest BCUT2D eigenvalue weighted by molar-refractivity contribution is 5.74. The summed E-state index contributed by atoms with van der Waals surface area (Å²) in [7, 11) is 4.88. The van der Waals surface area contributed by atoms with Crippen LogP contribution in [0.4, 0.5) is 10.5 Å². The summed E-state index contributed by atoms with van der Waals surface area (Å²) in [5.41, 5.74) is 2.14. The largest absolute Gasteiger partial charge is 0.497 e. The molecule has 0 radical (unpaired) electrons. The molecule has 2 aromatic rings. The fourth-order valence-corrected chi connectivity index (χ4v) is 3.70. The van der Waals surface area contributed by atoms with E-state index in [0.29, 0.717) is 11.5 Å². The number of urea groups is 1. The number of nitrogens with zero attached hydrogens (tertiary/aromatic N) is 1. The maximum Gasteiger partial charge on any atom is 0.315 e. The van der Waals surface area contributed by atoms with Crippen molar-refractivity contribution in [2.75, 3.05) is 39.3 Å². The van der Waals surface area contributed by atoms with Gasteiger partial charge in [-0.25, -0.2) is 4.79 Å². The summed E-state index contributed by atoms with van der Waals surface area (Å²) >= 11 is 0. The lowest BCUT2D eigenvalue weighted by Crippen LogP contribution is -2.48. The minimum atomic E-state index is -0.153. The van der Waals surface area contributed by atoms with E-state index in [2.05, 4.69) is 27.7 Å². The molecule has 1 unspecified atom stereocenters. The van der Waals surface area contributed by atoms with Gasteiger partial charge in [0.15, 0.2) is 11.5 Å². The Labute approximate surface area is 178 Å². The van der Waals surface area contributed by atoms with Crippen LogP contribution in [0.3, 0.4) is 0 Å². The molecule has 1 heterocycles. The normalized spacial score (nSPS) is 15.3. The standard InChI is InChI=1S/C23H31N3O4/c1-16(17-5-10-21(29-3)22(15-17)30-4)24-23(27)25-18-11-13-26(14-12-18)19-6-8-20(28-2)9-7-19/h5-10,15-16,18H,11-14H2,1-4H3,(H2,24,25,27). The Balaban J connectivity index is 1.48. The van der Waals surface area contributed by atoms with Gasteiger partial charge in [0.1, 0.15) is 5.75 Å². The van der Waals surface area contributed by atoms with Gasteiger partial charge in [-0.3, -0.25) is 0 Å². The number of rotatable bonds is 7. The minimum Gasteiger partial charge on any atom is -0.497 e. The van der Waals surface area contributed by atoms with Crippen molar-refractivity contribution in [2.24, 2.45) is 0 Å². The molecule has 0 spiro atoms. The third kappa shape index (κ3) is 5.28. The SMILES string of the molecule is COc1ccc(N2CCC(NC(=O)NC(C)c3ccc(OC)c(OC)c3)CC2)cc1. The molecule has 0 aromatic heterocycles. The lowest BCUT2D eigenvalue weighted by atomic mass is 10.0. The molecular formula is C23H31N3O4. The number of hydrogen-bond donors (Lipinski definition) is 2. The molecule has 30 heavy (non-hydrogen) atoms. The van der Waals surface area contributed by atoms with Crippen LogP contribution in [0.2, 0.25) is 0 Å². The van der Waals surface area contributed by atoms with E-state index in [4.69, 9.17) is 14.2 Å². The van der Waals surface area contributed by atoms with Gasteiger partial charge < -0.3 is 29.7 Å². The zero-order valence-corrected chi connectivity index (χ0v) is 18.1. The van der Waals surface area contributed by atoms with E-state index >= 15 is 0 Å². The zero-order chi connectivity index (χ0) is 21.5. The van der Waals surface area contributed by atoms with E-state index in [9.17, 15) is 4.79 Å². The fourth-order valence-electron chi connectivity index (χ4n) is 3.70. The number of amides is 2. The van der Waals surface area contributed by atoms with E-state index in [-0.39, 0.29) is 18.1 Å². The highest BCUT2D eigenvalue weighted by Gasteiger charge is 2.22. The van der Waals surface area contributed by atoms with Crippen LogP contribution >= 0.6 is 0 Å². The lowest BCUT2D eigenvalue weighted by Gasteiger charge is -2.34. The Kier molecular flexibility index (Phi) is 7.27. The predicted molar refractivity (Wildman–Crippen MR) is 118 cm³/mol. The van der Waals surface area contributed by atoms with Gasteiger partial charge in [-0.05, 0) is 61.7 Å².